The second-order valence-electron chi connectivity index (χ2n) is 5.42. The van der Waals surface area contributed by atoms with E-state index in [2.05, 4.69) is 0 Å². The average Bonchev–Trinajstić information content (AvgIpc) is 3.01. The lowest BCUT2D eigenvalue weighted by Gasteiger charge is -2.23. The molecule has 1 fully saturated rings. The molecule has 2 N–H and O–H groups in total. The Kier molecular flexibility index (Phi) is 2.97. The van der Waals surface area contributed by atoms with Gasteiger partial charge in [0.1, 0.15) is 5.75 Å². The molecule has 102 valence electrons. The SMILES string of the molecule is COc1ccc2c(c1)C1(CCCC1)C(=O)N2CCN. The number of anilines is 1. The minimum atomic E-state index is -0.307. The van der Waals surface area contributed by atoms with E-state index in [4.69, 9.17) is 10.5 Å². The number of carbonyl (C=O) groups is 1. The van der Waals surface area contributed by atoms with Crippen molar-refractivity contribution >= 4 is 11.6 Å². The van der Waals surface area contributed by atoms with Gasteiger partial charge in [0, 0.05) is 18.8 Å². The van der Waals surface area contributed by atoms with Crippen molar-refractivity contribution in [2.24, 2.45) is 5.73 Å². The van der Waals surface area contributed by atoms with Crippen molar-refractivity contribution in [2.75, 3.05) is 25.1 Å². The summed E-state index contributed by atoms with van der Waals surface area (Å²) in [4.78, 5) is 14.7. The molecule has 0 aromatic heterocycles. The molecule has 0 bridgehead atoms. The van der Waals surface area contributed by atoms with Crippen LogP contribution >= 0.6 is 0 Å². The third kappa shape index (κ3) is 1.66. The number of ether oxygens (including phenoxy) is 1. The zero-order chi connectivity index (χ0) is 13.5. The number of methoxy groups -OCH3 is 1. The summed E-state index contributed by atoms with van der Waals surface area (Å²) in [5.74, 6) is 1.06. The maximum absolute atomic E-state index is 12.8. The zero-order valence-corrected chi connectivity index (χ0v) is 11.3. The van der Waals surface area contributed by atoms with Crippen LogP contribution in [-0.4, -0.2) is 26.1 Å². The first kappa shape index (κ1) is 12.5. The van der Waals surface area contributed by atoms with Crippen LogP contribution in [0, 0.1) is 0 Å². The molecule has 0 saturated heterocycles. The monoisotopic (exact) mass is 260 g/mol. The van der Waals surface area contributed by atoms with Gasteiger partial charge in [0.2, 0.25) is 5.91 Å². The molecule has 1 spiro atoms. The van der Waals surface area contributed by atoms with Gasteiger partial charge in [0.05, 0.1) is 12.5 Å². The van der Waals surface area contributed by atoms with Gasteiger partial charge in [0.15, 0.2) is 0 Å². The normalized spacial score (nSPS) is 20.1. The minimum absolute atomic E-state index is 0.235. The molecule has 1 amide bonds. The van der Waals surface area contributed by atoms with Crippen LogP contribution in [0.3, 0.4) is 0 Å². The third-order valence-corrected chi connectivity index (χ3v) is 4.47. The maximum Gasteiger partial charge on any atom is 0.237 e. The highest BCUT2D eigenvalue weighted by atomic mass is 16.5. The number of nitrogens with zero attached hydrogens (tertiary/aromatic N) is 1. The fraction of sp³-hybridized carbons (Fsp3) is 0.533. The second-order valence-corrected chi connectivity index (χ2v) is 5.42. The third-order valence-electron chi connectivity index (χ3n) is 4.47. The predicted molar refractivity (Wildman–Crippen MR) is 74.5 cm³/mol. The number of nitrogens with two attached hydrogens (primary N) is 1. The van der Waals surface area contributed by atoms with Gasteiger partial charge in [0.25, 0.3) is 0 Å². The fourth-order valence-electron chi connectivity index (χ4n) is 3.56. The molecule has 1 aromatic carbocycles. The Balaban J connectivity index is 2.12. The number of rotatable bonds is 3. The standard InChI is InChI=1S/C15H20N2O2/c1-19-11-4-5-13-12(10-11)15(6-2-3-7-15)14(18)17(13)9-8-16/h4-5,10H,2-3,6-9,16H2,1H3. The Morgan fingerprint density at radius 1 is 1.37 bits per heavy atom. The maximum atomic E-state index is 12.8. The minimum Gasteiger partial charge on any atom is -0.497 e. The highest BCUT2D eigenvalue weighted by Gasteiger charge is 2.51. The quantitative estimate of drug-likeness (QED) is 0.901. The van der Waals surface area contributed by atoms with E-state index in [0.29, 0.717) is 13.1 Å². The molecule has 1 heterocycles. The molecule has 1 saturated carbocycles. The Hall–Kier alpha value is -1.55. The van der Waals surface area contributed by atoms with Gasteiger partial charge in [-0.1, -0.05) is 12.8 Å². The van der Waals surface area contributed by atoms with Crippen molar-refractivity contribution in [3.8, 4) is 5.75 Å². The molecular formula is C15H20N2O2. The van der Waals surface area contributed by atoms with Crippen LogP contribution in [0.15, 0.2) is 18.2 Å². The van der Waals surface area contributed by atoms with E-state index in [9.17, 15) is 4.79 Å². The van der Waals surface area contributed by atoms with E-state index < -0.39 is 0 Å². The predicted octanol–water partition coefficient (Wildman–Crippen LogP) is 1.81. The summed E-state index contributed by atoms with van der Waals surface area (Å²) >= 11 is 0. The molecule has 3 rings (SSSR count). The molecule has 2 aliphatic rings. The van der Waals surface area contributed by atoms with Crippen molar-refractivity contribution in [1.29, 1.82) is 0 Å². The summed E-state index contributed by atoms with van der Waals surface area (Å²) in [6, 6.07) is 5.95. The Bertz CT molecular complexity index is 507. The average molecular weight is 260 g/mol. The van der Waals surface area contributed by atoms with E-state index in [1.807, 2.05) is 23.1 Å². The van der Waals surface area contributed by atoms with Gasteiger partial charge in [-0.15, -0.1) is 0 Å². The van der Waals surface area contributed by atoms with Gasteiger partial charge < -0.3 is 15.4 Å². The second kappa shape index (κ2) is 4.53. The molecule has 19 heavy (non-hydrogen) atoms. The number of fused-ring (bicyclic) bond motifs is 2. The van der Waals surface area contributed by atoms with Crippen LogP contribution in [0.25, 0.3) is 0 Å². The molecule has 0 atom stereocenters. The van der Waals surface area contributed by atoms with Gasteiger partial charge in [-0.25, -0.2) is 0 Å². The molecule has 0 radical (unpaired) electrons. The van der Waals surface area contributed by atoms with Crippen LogP contribution in [0.1, 0.15) is 31.2 Å². The largest absolute Gasteiger partial charge is 0.497 e. The smallest absolute Gasteiger partial charge is 0.237 e. The summed E-state index contributed by atoms with van der Waals surface area (Å²) in [7, 11) is 1.66. The van der Waals surface area contributed by atoms with Crippen molar-refractivity contribution in [3.05, 3.63) is 23.8 Å². The Morgan fingerprint density at radius 3 is 2.74 bits per heavy atom. The molecule has 1 aliphatic heterocycles. The summed E-state index contributed by atoms with van der Waals surface area (Å²) in [5, 5.41) is 0. The van der Waals surface area contributed by atoms with Crippen molar-refractivity contribution < 1.29 is 9.53 Å². The van der Waals surface area contributed by atoms with Crippen LogP contribution in [-0.2, 0) is 10.2 Å². The molecule has 0 unspecified atom stereocenters. The number of amides is 1. The summed E-state index contributed by atoms with van der Waals surface area (Å²) in [6.45, 7) is 1.09. The number of benzene rings is 1. The zero-order valence-electron chi connectivity index (χ0n) is 11.3. The van der Waals surface area contributed by atoms with Crippen LogP contribution < -0.4 is 15.4 Å². The molecule has 1 aliphatic carbocycles. The van der Waals surface area contributed by atoms with Crippen LogP contribution in [0.5, 0.6) is 5.75 Å². The first-order valence-electron chi connectivity index (χ1n) is 6.93. The van der Waals surface area contributed by atoms with Crippen molar-refractivity contribution in [2.45, 2.75) is 31.1 Å². The Morgan fingerprint density at radius 2 is 2.11 bits per heavy atom. The summed E-state index contributed by atoms with van der Waals surface area (Å²) in [5.41, 5.74) is 7.51. The first-order chi connectivity index (χ1) is 9.23. The lowest BCUT2D eigenvalue weighted by Crippen LogP contribution is -2.40. The first-order valence-corrected chi connectivity index (χ1v) is 6.93. The highest BCUT2D eigenvalue weighted by molar-refractivity contribution is 6.08. The molecule has 1 aromatic rings. The van der Waals surface area contributed by atoms with Crippen LogP contribution in [0.2, 0.25) is 0 Å². The summed E-state index contributed by atoms with van der Waals surface area (Å²) < 4.78 is 5.32. The van der Waals surface area contributed by atoms with E-state index >= 15 is 0 Å². The molecule has 4 nitrogen and oxygen atoms in total. The van der Waals surface area contributed by atoms with Crippen molar-refractivity contribution in [3.63, 3.8) is 0 Å². The Labute approximate surface area is 113 Å². The van der Waals surface area contributed by atoms with Gasteiger partial charge in [-0.3, -0.25) is 4.79 Å². The lowest BCUT2D eigenvalue weighted by molar-refractivity contribution is -0.123. The van der Waals surface area contributed by atoms with Gasteiger partial charge in [-0.05, 0) is 36.6 Å². The lowest BCUT2D eigenvalue weighted by atomic mass is 9.80. The molecule has 4 heteroatoms. The van der Waals surface area contributed by atoms with E-state index in [1.165, 1.54) is 0 Å². The number of carbonyl (C=O) groups excluding carboxylic acids is 1. The molecular weight excluding hydrogens is 240 g/mol. The van der Waals surface area contributed by atoms with Crippen molar-refractivity contribution in [1.82, 2.24) is 0 Å². The number of hydrogen-bond donors (Lipinski definition) is 1. The summed E-state index contributed by atoms with van der Waals surface area (Å²) in [6.07, 6.45) is 4.15. The number of hydrogen-bond acceptors (Lipinski definition) is 3. The van der Waals surface area contributed by atoms with Gasteiger partial charge in [-0.2, -0.15) is 0 Å². The van der Waals surface area contributed by atoms with E-state index in [-0.39, 0.29) is 11.3 Å². The van der Waals surface area contributed by atoms with Crippen LogP contribution in [0.4, 0.5) is 5.69 Å². The fourth-order valence-corrected chi connectivity index (χ4v) is 3.56. The highest BCUT2D eigenvalue weighted by Crippen LogP contribution is 2.52. The van der Waals surface area contributed by atoms with E-state index in [0.717, 1.165) is 42.7 Å². The van der Waals surface area contributed by atoms with E-state index in [1.54, 1.807) is 7.11 Å². The van der Waals surface area contributed by atoms with Gasteiger partial charge >= 0.3 is 0 Å². The topological polar surface area (TPSA) is 55.6 Å².